The van der Waals surface area contributed by atoms with Crippen LogP contribution in [0.25, 0.3) is 22.4 Å². The molecule has 0 aliphatic heterocycles. The number of hydrogen-bond acceptors (Lipinski definition) is 7. The van der Waals surface area contributed by atoms with E-state index in [2.05, 4.69) is 26.8 Å². The van der Waals surface area contributed by atoms with E-state index in [-0.39, 0.29) is 18.2 Å². The first-order valence-corrected chi connectivity index (χ1v) is 9.69. The number of nitrogens with zero attached hydrogens (tertiary/aromatic N) is 4. The highest BCUT2D eigenvalue weighted by molar-refractivity contribution is 6.01. The Morgan fingerprint density at radius 3 is 2.90 bits per heavy atom. The molecule has 0 spiro atoms. The molecule has 4 aromatic rings. The lowest BCUT2D eigenvalue weighted by atomic mass is 10.1. The molecule has 0 fully saturated rings. The summed E-state index contributed by atoms with van der Waals surface area (Å²) in [4.78, 5) is 25.5. The standard InChI is InChI=1S/C23H20N4O4/c1-4-30-23(29)19-17-10-11-27(3)21(17)26-20(25-19)16-7-5-6-15(12-16)8-9-18(28)22-24-13-14(2)31-22/h5-7,10-13,18,28H,4H2,1-3H3/t18-/m0/s1. The van der Waals surface area contributed by atoms with E-state index in [1.165, 1.54) is 6.20 Å². The van der Waals surface area contributed by atoms with Crippen LogP contribution in [-0.2, 0) is 11.8 Å². The Hall–Kier alpha value is -3.96. The van der Waals surface area contributed by atoms with E-state index in [0.717, 1.165) is 0 Å². The molecule has 0 bridgehead atoms. The summed E-state index contributed by atoms with van der Waals surface area (Å²) in [5, 5.41) is 10.8. The summed E-state index contributed by atoms with van der Waals surface area (Å²) in [7, 11) is 1.85. The second kappa shape index (κ2) is 8.42. The van der Waals surface area contributed by atoms with Crippen molar-refractivity contribution in [1.29, 1.82) is 0 Å². The van der Waals surface area contributed by atoms with Crippen LogP contribution in [0, 0.1) is 18.8 Å². The van der Waals surface area contributed by atoms with E-state index in [1.807, 2.05) is 29.9 Å². The zero-order chi connectivity index (χ0) is 22.0. The Labute approximate surface area is 178 Å². The number of aliphatic hydroxyl groups excluding tert-OH is 1. The van der Waals surface area contributed by atoms with Crippen molar-refractivity contribution in [3.8, 4) is 23.2 Å². The quantitative estimate of drug-likeness (QED) is 0.402. The number of benzene rings is 1. The van der Waals surface area contributed by atoms with Crippen LogP contribution >= 0.6 is 0 Å². The van der Waals surface area contributed by atoms with Gasteiger partial charge in [-0.2, -0.15) is 0 Å². The van der Waals surface area contributed by atoms with Crippen LogP contribution in [-0.4, -0.2) is 37.2 Å². The molecule has 8 heteroatoms. The van der Waals surface area contributed by atoms with Gasteiger partial charge in [-0.1, -0.05) is 24.0 Å². The lowest BCUT2D eigenvalue weighted by Crippen LogP contribution is -2.10. The van der Waals surface area contributed by atoms with Gasteiger partial charge in [0.25, 0.3) is 0 Å². The van der Waals surface area contributed by atoms with E-state index in [1.54, 1.807) is 32.0 Å². The Bertz CT molecular complexity index is 1330. The van der Waals surface area contributed by atoms with Crippen molar-refractivity contribution < 1.29 is 19.1 Å². The van der Waals surface area contributed by atoms with Gasteiger partial charge in [-0.15, -0.1) is 0 Å². The summed E-state index contributed by atoms with van der Waals surface area (Å²) in [6.45, 7) is 3.75. The van der Waals surface area contributed by atoms with Gasteiger partial charge in [-0.3, -0.25) is 0 Å². The van der Waals surface area contributed by atoms with E-state index in [0.29, 0.717) is 33.7 Å². The lowest BCUT2D eigenvalue weighted by molar-refractivity contribution is 0.0522. The van der Waals surface area contributed by atoms with Crippen LogP contribution in [0.15, 0.2) is 47.1 Å². The molecule has 1 aromatic carbocycles. The monoisotopic (exact) mass is 416 g/mol. The maximum atomic E-state index is 12.4. The average molecular weight is 416 g/mol. The normalized spacial score (nSPS) is 11.7. The second-order valence-corrected chi connectivity index (χ2v) is 6.84. The number of aryl methyl sites for hydroxylation is 2. The minimum Gasteiger partial charge on any atom is -0.461 e. The summed E-state index contributed by atoms with van der Waals surface area (Å²) in [6.07, 6.45) is 2.21. The third kappa shape index (κ3) is 4.17. The Morgan fingerprint density at radius 2 is 2.16 bits per heavy atom. The predicted molar refractivity (Wildman–Crippen MR) is 113 cm³/mol. The first-order chi connectivity index (χ1) is 15.0. The van der Waals surface area contributed by atoms with Crippen molar-refractivity contribution in [3.05, 3.63) is 65.6 Å². The van der Waals surface area contributed by atoms with Crippen LogP contribution in [0.3, 0.4) is 0 Å². The fourth-order valence-corrected chi connectivity index (χ4v) is 3.07. The fraction of sp³-hybridized carbons (Fsp3) is 0.217. The summed E-state index contributed by atoms with van der Waals surface area (Å²) in [5.41, 5.74) is 2.17. The Balaban J connectivity index is 1.72. The fourth-order valence-electron chi connectivity index (χ4n) is 3.07. The molecule has 156 valence electrons. The van der Waals surface area contributed by atoms with Crippen LogP contribution in [0.1, 0.15) is 40.7 Å². The molecule has 3 heterocycles. The summed E-state index contributed by atoms with van der Waals surface area (Å²) in [6, 6.07) is 9.03. The molecule has 0 unspecified atom stereocenters. The zero-order valence-electron chi connectivity index (χ0n) is 17.3. The largest absolute Gasteiger partial charge is 0.461 e. The van der Waals surface area contributed by atoms with Crippen molar-refractivity contribution in [2.24, 2.45) is 7.05 Å². The third-order valence-electron chi connectivity index (χ3n) is 4.54. The first kappa shape index (κ1) is 20.3. The molecule has 0 saturated carbocycles. The van der Waals surface area contributed by atoms with Crippen LogP contribution in [0.4, 0.5) is 0 Å². The van der Waals surface area contributed by atoms with E-state index < -0.39 is 12.1 Å². The molecule has 8 nitrogen and oxygen atoms in total. The number of carbonyl (C=O) groups excluding carboxylic acids is 1. The van der Waals surface area contributed by atoms with Crippen molar-refractivity contribution in [2.75, 3.05) is 6.61 Å². The van der Waals surface area contributed by atoms with Crippen molar-refractivity contribution in [2.45, 2.75) is 20.0 Å². The van der Waals surface area contributed by atoms with Gasteiger partial charge in [0.15, 0.2) is 17.6 Å². The van der Waals surface area contributed by atoms with Gasteiger partial charge in [0, 0.05) is 24.4 Å². The number of aromatic nitrogens is 4. The number of hydrogen-bond donors (Lipinski definition) is 1. The maximum Gasteiger partial charge on any atom is 0.357 e. The number of ether oxygens (including phenoxy) is 1. The van der Waals surface area contributed by atoms with Crippen LogP contribution < -0.4 is 0 Å². The Morgan fingerprint density at radius 1 is 1.32 bits per heavy atom. The summed E-state index contributed by atoms with van der Waals surface area (Å²) in [5.74, 6) is 6.26. The number of fused-ring (bicyclic) bond motifs is 1. The highest BCUT2D eigenvalue weighted by Gasteiger charge is 2.18. The minimum absolute atomic E-state index is 0.151. The number of aliphatic hydroxyl groups is 1. The van der Waals surface area contributed by atoms with E-state index in [4.69, 9.17) is 9.15 Å². The number of rotatable bonds is 4. The number of carbonyl (C=O) groups is 1. The summed E-state index contributed by atoms with van der Waals surface area (Å²) < 4.78 is 12.3. The molecule has 0 saturated heterocycles. The number of esters is 1. The van der Waals surface area contributed by atoms with Gasteiger partial charge < -0.3 is 18.8 Å². The van der Waals surface area contributed by atoms with E-state index >= 15 is 0 Å². The lowest BCUT2D eigenvalue weighted by Gasteiger charge is -2.07. The van der Waals surface area contributed by atoms with E-state index in [9.17, 15) is 9.90 Å². The third-order valence-corrected chi connectivity index (χ3v) is 4.54. The number of oxazole rings is 1. The van der Waals surface area contributed by atoms with Crippen molar-refractivity contribution in [3.63, 3.8) is 0 Å². The molecule has 1 atom stereocenters. The molecule has 0 radical (unpaired) electrons. The molecule has 31 heavy (non-hydrogen) atoms. The molecule has 0 aliphatic carbocycles. The van der Waals surface area contributed by atoms with Gasteiger partial charge in [0.2, 0.25) is 5.89 Å². The van der Waals surface area contributed by atoms with Crippen LogP contribution in [0.2, 0.25) is 0 Å². The highest BCUT2D eigenvalue weighted by atomic mass is 16.5. The second-order valence-electron chi connectivity index (χ2n) is 6.84. The van der Waals surface area contributed by atoms with Gasteiger partial charge in [-0.05, 0) is 32.0 Å². The molecule has 1 N–H and O–H groups in total. The van der Waals surface area contributed by atoms with Crippen molar-refractivity contribution in [1.82, 2.24) is 19.5 Å². The molecule has 0 amide bonds. The smallest absolute Gasteiger partial charge is 0.357 e. The molecule has 0 aliphatic rings. The molecule has 4 rings (SSSR count). The molecular weight excluding hydrogens is 396 g/mol. The zero-order valence-corrected chi connectivity index (χ0v) is 17.3. The highest BCUT2D eigenvalue weighted by Crippen LogP contribution is 2.23. The maximum absolute atomic E-state index is 12.4. The molecular formula is C23H20N4O4. The SMILES string of the molecule is CCOC(=O)c1nc(-c2cccc(C#C[C@H](O)c3ncc(C)o3)c2)nc2c1ccn2C. The Kier molecular flexibility index (Phi) is 5.52. The summed E-state index contributed by atoms with van der Waals surface area (Å²) >= 11 is 0. The van der Waals surface area contributed by atoms with Crippen LogP contribution in [0.5, 0.6) is 0 Å². The van der Waals surface area contributed by atoms with Gasteiger partial charge in [0.1, 0.15) is 11.4 Å². The topological polar surface area (TPSA) is 103 Å². The first-order valence-electron chi connectivity index (χ1n) is 9.69. The molecule has 3 aromatic heterocycles. The van der Waals surface area contributed by atoms with Gasteiger partial charge in [-0.25, -0.2) is 19.7 Å². The van der Waals surface area contributed by atoms with Gasteiger partial charge in [0.05, 0.1) is 18.2 Å². The van der Waals surface area contributed by atoms with Crippen molar-refractivity contribution >= 4 is 17.0 Å². The minimum atomic E-state index is -1.14. The predicted octanol–water partition coefficient (Wildman–Crippen LogP) is 3.19. The van der Waals surface area contributed by atoms with Gasteiger partial charge >= 0.3 is 5.97 Å². The average Bonchev–Trinajstić information content (AvgIpc) is 3.37.